The lowest BCUT2D eigenvalue weighted by Crippen LogP contribution is -2.31. The summed E-state index contributed by atoms with van der Waals surface area (Å²) in [4.78, 5) is 14.6. The molecule has 0 heterocycles. The van der Waals surface area contributed by atoms with E-state index in [1.54, 1.807) is 0 Å². The highest BCUT2D eigenvalue weighted by Crippen LogP contribution is 2.13. The lowest BCUT2D eigenvalue weighted by atomic mass is 10.0. The Bertz CT molecular complexity index is 448. The van der Waals surface area contributed by atoms with Crippen LogP contribution in [0, 0.1) is 12.3 Å². The van der Waals surface area contributed by atoms with Crippen molar-refractivity contribution in [3.05, 3.63) is 34.9 Å². The first kappa shape index (κ1) is 16.6. The second-order valence-electron chi connectivity index (χ2n) is 5.25. The Kier molecular flexibility index (Phi) is 7.16. The first-order chi connectivity index (χ1) is 9.62. The summed E-state index contributed by atoms with van der Waals surface area (Å²) in [6, 6.07) is 5.83. The van der Waals surface area contributed by atoms with E-state index in [1.807, 2.05) is 25.1 Å². The number of carbonyl (C=O) groups excluding carboxylic acids is 1. The van der Waals surface area contributed by atoms with E-state index in [4.69, 9.17) is 5.41 Å². The van der Waals surface area contributed by atoms with Crippen molar-refractivity contribution in [1.29, 1.82) is 5.41 Å². The second kappa shape index (κ2) is 8.64. The lowest BCUT2D eigenvalue weighted by Gasteiger charge is -2.20. The van der Waals surface area contributed by atoms with Crippen molar-refractivity contribution in [3.8, 4) is 0 Å². The third kappa shape index (κ3) is 4.89. The van der Waals surface area contributed by atoms with Gasteiger partial charge in [-0.25, -0.2) is 0 Å². The summed E-state index contributed by atoms with van der Waals surface area (Å²) in [6.07, 6.45) is 4.12. The predicted molar refractivity (Wildman–Crippen MR) is 85.0 cm³/mol. The van der Waals surface area contributed by atoms with E-state index in [2.05, 4.69) is 18.7 Å². The molecule has 0 unspecified atom stereocenters. The van der Waals surface area contributed by atoms with Gasteiger partial charge in [0, 0.05) is 12.0 Å². The second-order valence-corrected chi connectivity index (χ2v) is 5.25. The number of carbonyl (C=O) groups is 1. The third-order valence-corrected chi connectivity index (χ3v) is 3.44. The molecule has 110 valence electrons. The summed E-state index contributed by atoms with van der Waals surface area (Å²) in [5.41, 5.74) is 2.98. The number of nitrogens with zero attached hydrogens (tertiary/aromatic N) is 1. The Morgan fingerprint density at radius 1 is 1.25 bits per heavy atom. The van der Waals surface area contributed by atoms with Crippen LogP contribution in [0.2, 0.25) is 0 Å². The average Bonchev–Trinajstić information content (AvgIpc) is 2.42. The zero-order valence-corrected chi connectivity index (χ0v) is 12.9. The summed E-state index contributed by atoms with van der Waals surface area (Å²) < 4.78 is 0. The fourth-order valence-corrected chi connectivity index (χ4v) is 2.37. The summed E-state index contributed by atoms with van der Waals surface area (Å²) in [6.45, 7) is 8.74. The molecule has 1 N–H and O–H groups in total. The molecule has 3 nitrogen and oxygen atoms in total. The molecule has 20 heavy (non-hydrogen) atoms. The molecular formula is C17H26N2O. The number of aryl methyl sites for hydroxylation is 1. The van der Waals surface area contributed by atoms with Crippen molar-refractivity contribution in [2.24, 2.45) is 0 Å². The minimum atomic E-state index is 0.179. The highest BCUT2D eigenvalue weighted by Gasteiger charge is 2.12. The molecule has 0 radical (unpaired) electrons. The monoisotopic (exact) mass is 274 g/mol. The molecule has 1 aromatic carbocycles. The van der Waals surface area contributed by atoms with Crippen molar-refractivity contribution in [1.82, 2.24) is 4.90 Å². The molecule has 0 saturated heterocycles. The average molecular weight is 274 g/mol. The van der Waals surface area contributed by atoms with E-state index in [0.29, 0.717) is 13.0 Å². The molecule has 0 aliphatic rings. The van der Waals surface area contributed by atoms with Gasteiger partial charge in [-0.1, -0.05) is 26.0 Å². The highest BCUT2D eigenvalue weighted by molar-refractivity contribution is 5.98. The predicted octanol–water partition coefficient (Wildman–Crippen LogP) is 3.49. The van der Waals surface area contributed by atoms with E-state index in [1.165, 1.54) is 6.21 Å². The van der Waals surface area contributed by atoms with Crippen LogP contribution >= 0.6 is 0 Å². The fraction of sp³-hybridized carbons (Fsp3) is 0.529. The van der Waals surface area contributed by atoms with E-state index < -0.39 is 0 Å². The molecule has 0 spiro atoms. The first-order valence-electron chi connectivity index (χ1n) is 7.46. The minimum Gasteiger partial charge on any atom is -0.313 e. The van der Waals surface area contributed by atoms with E-state index in [0.717, 1.165) is 42.6 Å². The SMILES string of the molecule is CCCN(CCC)CC(=O)c1ccc(C)c(CC=N)c1. The van der Waals surface area contributed by atoms with Gasteiger partial charge in [-0.15, -0.1) is 0 Å². The molecule has 0 bridgehead atoms. The van der Waals surface area contributed by atoms with Gasteiger partial charge in [0.1, 0.15) is 0 Å². The van der Waals surface area contributed by atoms with Crippen LogP contribution in [-0.2, 0) is 6.42 Å². The van der Waals surface area contributed by atoms with Gasteiger partial charge in [-0.05, 0) is 56.3 Å². The maximum Gasteiger partial charge on any atom is 0.176 e. The number of hydrogen-bond acceptors (Lipinski definition) is 3. The number of benzene rings is 1. The lowest BCUT2D eigenvalue weighted by molar-refractivity contribution is 0.0930. The smallest absolute Gasteiger partial charge is 0.176 e. The van der Waals surface area contributed by atoms with Gasteiger partial charge >= 0.3 is 0 Å². The molecule has 0 aliphatic heterocycles. The van der Waals surface area contributed by atoms with Crippen molar-refractivity contribution < 1.29 is 4.79 Å². The normalized spacial score (nSPS) is 10.8. The van der Waals surface area contributed by atoms with Crippen LogP contribution in [0.15, 0.2) is 18.2 Å². The van der Waals surface area contributed by atoms with Crippen molar-refractivity contribution in [2.45, 2.75) is 40.0 Å². The Morgan fingerprint density at radius 3 is 2.45 bits per heavy atom. The molecule has 0 atom stereocenters. The molecule has 1 rings (SSSR count). The topological polar surface area (TPSA) is 44.2 Å². The number of ketones is 1. The third-order valence-electron chi connectivity index (χ3n) is 3.44. The molecule has 3 heteroatoms. The fourth-order valence-electron chi connectivity index (χ4n) is 2.37. The van der Waals surface area contributed by atoms with Crippen LogP contribution in [0.1, 0.15) is 48.2 Å². The maximum absolute atomic E-state index is 12.4. The maximum atomic E-state index is 12.4. The van der Waals surface area contributed by atoms with Crippen LogP contribution in [0.4, 0.5) is 0 Å². The van der Waals surface area contributed by atoms with Crippen LogP contribution in [0.5, 0.6) is 0 Å². The van der Waals surface area contributed by atoms with Crippen LogP contribution < -0.4 is 0 Å². The summed E-state index contributed by atoms with van der Waals surface area (Å²) in [5.74, 6) is 0.179. The van der Waals surface area contributed by atoms with Gasteiger partial charge in [0.25, 0.3) is 0 Å². The van der Waals surface area contributed by atoms with Crippen molar-refractivity contribution in [3.63, 3.8) is 0 Å². The summed E-state index contributed by atoms with van der Waals surface area (Å²) >= 11 is 0. The molecule has 1 aromatic rings. The Hall–Kier alpha value is -1.48. The van der Waals surface area contributed by atoms with Crippen LogP contribution in [0.25, 0.3) is 0 Å². The van der Waals surface area contributed by atoms with Crippen LogP contribution in [0.3, 0.4) is 0 Å². The summed E-state index contributed by atoms with van der Waals surface area (Å²) in [7, 11) is 0. The molecule has 0 amide bonds. The zero-order chi connectivity index (χ0) is 15.0. The Balaban J connectivity index is 2.80. The first-order valence-corrected chi connectivity index (χ1v) is 7.46. The molecule has 0 fully saturated rings. The Labute approximate surface area is 122 Å². The number of hydrogen-bond donors (Lipinski definition) is 1. The quantitative estimate of drug-likeness (QED) is 0.553. The van der Waals surface area contributed by atoms with Gasteiger partial charge in [-0.3, -0.25) is 9.69 Å². The molecule has 0 saturated carbocycles. The van der Waals surface area contributed by atoms with Gasteiger partial charge < -0.3 is 5.41 Å². The van der Waals surface area contributed by atoms with Crippen molar-refractivity contribution in [2.75, 3.05) is 19.6 Å². The van der Waals surface area contributed by atoms with E-state index in [9.17, 15) is 4.79 Å². The van der Waals surface area contributed by atoms with Gasteiger partial charge in [-0.2, -0.15) is 0 Å². The molecule has 0 aromatic heterocycles. The number of Topliss-reactive ketones (excluding diaryl/α,β-unsaturated/α-hetero) is 1. The van der Waals surface area contributed by atoms with Gasteiger partial charge in [0.2, 0.25) is 0 Å². The van der Waals surface area contributed by atoms with Gasteiger partial charge in [0.05, 0.1) is 6.54 Å². The molecule has 0 aliphatic carbocycles. The van der Waals surface area contributed by atoms with Crippen LogP contribution in [-0.4, -0.2) is 36.5 Å². The zero-order valence-electron chi connectivity index (χ0n) is 12.9. The highest BCUT2D eigenvalue weighted by atomic mass is 16.1. The summed E-state index contributed by atoms with van der Waals surface area (Å²) in [5, 5.41) is 7.22. The van der Waals surface area contributed by atoms with Crippen molar-refractivity contribution >= 4 is 12.0 Å². The minimum absolute atomic E-state index is 0.179. The van der Waals surface area contributed by atoms with E-state index >= 15 is 0 Å². The Morgan fingerprint density at radius 2 is 1.90 bits per heavy atom. The standard InChI is InChI=1S/C17H26N2O/c1-4-10-19(11-5-2)13-17(20)16-7-6-14(3)15(12-16)8-9-18/h6-7,9,12,18H,4-5,8,10-11,13H2,1-3H3. The molecular weight excluding hydrogens is 248 g/mol. The number of nitrogens with one attached hydrogen (secondary N) is 1. The largest absolute Gasteiger partial charge is 0.313 e. The number of rotatable bonds is 9. The van der Waals surface area contributed by atoms with E-state index in [-0.39, 0.29) is 5.78 Å². The van der Waals surface area contributed by atoms with Gasteiger partial charge in [0.15, 0.2) is 5.78 Å².